The second-order valence-corrected chi connectivity index (χ2v) is 5.87. The summed E-state index contributed by atoms with van der Waals surface area (Å²) in [7, 11) is 1.64. The van der Waals surface area contributed by atoms with Gasteiger partial charge in [-0.25, -0.2) is 0 Å². The fraction of sp³-hybridized carbons (Fsp3) is 0.389. The highest BCUT2D eigenvalue weighted by Gasteiger charge is 2.44. The first-order valence-electron chi connectivity index (χ1n) is 7.36. The summed E-state index contributed by atoms with van der Waals surface area (Å²) in [6.07, 6.45) is 3.22. The number of rotatable bonds is 3. The summed E-state index contributed by atoms with van der Waals surface area (Å²) in [5.74, 6) is 0.870. The van der Waals surface area contributed by atoms with Crippen LogP contribution in [0.15, 0.2) is 43.0 Å². The molecule has 0 spiro atoms. The van der Waals surface area contributed by atoms with Crippen LogP contribution < -0.4 is 4.74 Å². The van der Waals surface area contributed by atoms with Gasteiger partial charge in [0.15, 0.2) is 5.78 Å². The molecule has 1 aromatic rings. The number of hydrogen-bond acceptors (Lipinski definition) is 4. The van der Waals surface area contributed by atoms with Gasteiger partial charge in [-0.3, -0.25) is 4.79 Å². The number of benzene rings is 1. The molecule has 3 atom stereocenters. The van der Waals surface area contributed by atoms with Gasteiger partial charge in [0.25, 0.3) is 0 Å². The van der Waals surface area contributed by atoms with Gasteiger partial charge in [0.05, 0.1) is 19.8 Å². The molecule has 1 fully saturated rings. The minimum Gasteiger partial charge on any atom is -0.497 e. The van der Waals surface area contributed by atoms with E-state index in [-0.39, 0.29) is 18.0 Å². The summed E-state index contributed by atoms with van der Waals surface area (Å²) in [6, 6.07) is 7.68. The number of carbonyl (C=O) groups is 1. The number of ether oxygens (including phenoxy) is 3. The third kappa shape index (κ3) is 2.72. The number of carbonyl (C=O) groups excluding carboxylic acids is 1. The Kier molecular flexibility index (Phi) is 3.89. The summed E-state index contributed by atoms with van der Waals surface area (Å²) in [4.78, 5) is 11.6. The van der Waals surface area contributed by atoms with Crippen LogP contribution in [0.1, 0.15) is 18.9 Å². The molecule has 0 saturated carbocycles. The highest BCUT2D eigenvalue weighted by Crippen LogP contribution is 2.35. The van der Waals surface area contributed by atoms with E-state index in [0.717, 1.165) is 16.9 Å². The van der Waals surface area contributed by atoms with Crippen molar-refractivity contribution in [3.8, 4) is 5.75 Å². The van der Waals surface area contributed by atoms with Crippen LogP contribution in [0.2, 0.25) is 0 Å². The Morgan fingerprint density at radius 3 is 2.77 bits per heavy atom. The second-order valence-electron chi connectivity index (χ2n) is 5.87. The third-order valence-electron chi connectivity index (χ3n) is 4.35. The molecule has 0 unspecified atom stereocenters. The van der Waals surface area contributed by atoms with E-state index in [4.69, 9.17) is 14.2 Å². The van der Waals surface area contributed by atoms with Gasteiger partial charge in [0.2, 0.25) is 0 Å². The molecule has 0 aromatic heterocycles. The quantitative estimate of drug-likeness (QED) is 0.861. The zero-order valence-corrected chi connectivity index (χ0v) is 12.9. The average molecular weight is 300 g/mol. The molecule has 1 heterocycles. The smallest absolute Gasteiger partial charge is 0.158 e. The molecule has 0 bridgehead atoms. The van der Waals surface area contributed by atoms with Crippen LogP contribution >= 0.6 is 0 Å². The standard InChI is InChI=1S/C18H20O4/c1-12(13-4-6-15(20-3)7-5-13)16-11-21-18(2)9-8-14(19)10-17(18)22-16/h4-9,16-17H,1,10-11H2,2-3H3/t16-,17-,18+/m1/s1. The van der Waals surface area contributed by atoms with Crippen molar-refractivity contribution in [3.63, 3.8) is 0 Å². The molecule has 0 N–H and O–H groups in total. The Bertz CT molecular complexity index is 616. The lowest BCUT2D eigenvalue weighted by Gasteiger charge is -2.44. The van der Waals surface area contributed by atoms with Gasteiger partial charge in [0.1, 0.15) is 17.5 Å². The zero-order chi connectivity index (χ0) is 15.7. The van der Waals surface area contributed by atoms with Crippen molar-refractivity contribution >= 4 is 11.4 Å². The number of methoxy groups -OCH3 is 1. The van der Waals surface area contributed by atoms with E-state index in [1.165, 1.54) is 0 Å². The molecular weight excluding hydrogens is 280 g/mol. The molecule has 22 heavy (non-hydrogen) atoms. The first kappa shape index (κ1) is 15.0. The number of hydrogen-bond donors (Lipinski definition) is 0. The van der Waals surface area contributed by atoms with Gasteiger partial charge in [-0.2, -0.15) is 0 Å². The highest BCUT2D eigenvalue weighted by molar-refractivity contribution is 5.91. The molecule has 0 radical (unpaired) electrons. The minimum absolute atomic E-state index is 0.0711. The molecule has 1 aliphatic heterocycles. The molecule has 1 aliphatic carbocycles. The van der Waals surface area contributed by atoms with Crippen molar-refractivity contribution in [2.24, 2.45) is 0 Å². The minimum atomic E-state index is -0.523. The summed E-state index contributed by atoms with van der Waals surface area (Å²) >= 11 is 0. The Hall–Kier alpha value is -1.91. The number of ketones is 1. The van der Waals surface area contributed by atoms with Gasteiger partial charge in [-0.1, -0.05) is 18.7 Å². The van der Waals surface area contributed by atoms with Crippen molar-refractivity contribution in [2.75, 3.05) is 13.7 Å². The number of allylic oxidation sites excluding steroid dienone is 1. The van der Waals surface area contributed by atoms with Crippen LogP contribution in [0.5, 0.6) is 5.75 Å². The Morgan fingerprint density at radius 2 is 2.09 bits per heavy atom. The maximum absolute atomic E-state index is 11.6. The van der Waals surface area contributed by atoms with E-state index in [9.17, 15) is 4.79 Å². The van der Waals surface area contributed by atoms with Crippen molar-refractivity contribution in [1.82, 2.24) is 0 Å². The van der Waals surface area contributed by atoms with Crippen LogP contribution in [0.25, 0.3) is 5.57 Å². The van der Waals surface area contributed by atoms with E-state index in [1.54, 1.807) is 19.3 Å². The second kappa shape index (κ2) is 5.71. The molecule has 116 valence electrons. The molecule has 4 nitrogen and oxygen atoms in total. The first-order valence-corrected chi connectivity index (χ1v) is 7.36. The summed E-state index contributed by atoms with van der Waals surface area (Å²) < 4.78 is 17.2. The lowest BCUT2D eigenvalue weighted by atomic mass is 9.87. The van der Waals surface area contributed by atoms with Crippen LogP contribution in [0, 0.1) is 0 Å². The first-order chi connectivity index (χ1) is 10.5. The monoisotopic (exact) mass is 300 g/mol. The van der Waals surface area contributed by atoms with Gasteiger partial charge in [-0.15, -0.1) is 0 Å². The number of fused-ring (bicyclic) bond motifs is 1. The Morgan fingerprint density at radius 1 is 1.36 bits per heavy atom. The molecular formula is C18H20O4. The summed E-state index contributed by atoms with van der Waals surface area (Å²) in [6.45, 7) is 6.51. The molecule has 2 aliphatic rings. The summed E-state index contributed by atoms with van der Waals surface area (Å²) in [5.41, 5.74) is 1.31. The van der Waals surface area contributed by atoms with E-state index in [0.29, 0.717) is 13.0 Å². The van der Waals surface area contributed by atoms with Crippen molar-refractivity contribution in [1.29, 1.82) is 0 Å². The maximum atomic E-state index is 11.6. The molecule has 1 saturated heterocycles. The molecule has 1 aromatic carbocycles. The third-order valence-corrected chi connectivity index (χ3v) is 4.35. The molecule has 3 rings (SSSR count). The van der Waals surface area contributed by atoms with E-state index >= 15 is 0 Å². The fourth-order valence-electron chi connectivity index (χ4n) is 2.81. The van der Waals surface area contributed by atoms with Gasteiger partial charge >= 0.3 is 0 Å². The molecule has 0 amide bonds. The maximum Gasteiger partial charge on any atom is 0.158 e. The van der Waals surface area contributed by atoms with Crippen LogP contribution in [0.4, 0.5) is 0 Å². The lowest BCUT2D eigenvalue weighted by Crippen LogP contribution is -2.53. The predicted octanol–water partition coefficient (Wildman–Crippen LogP) is 2.78. The topological polar surface area (TPSA) is 44.8 Å². The van der Waals surface area contributed by atoms with E-state index in [1.807, 2.05) is 31.2 Å². The van der Waals surface area contributed by atoms with E-state index < -0.39 is 5.60 Å². The largest absolute Gasteiger partial charge is 0.497 e. The van der Waals surface area contributed by atoms with Crippen molar-refractivity contribution in [3.05, 3.63) is 48.6 Å². The van der Waals surface area contributed by atoms with Gasteiger partial charge < -0.3 is 14.2 Å². The highest BCUT2D eigenvalue weighted by atomic mass is 16.6. The van der Waals surface area contributed by atoms with Crippen LogP contribution in [0.3, 0.4) is 0 Å². The molecule has 4 heteroatoms. The van der Waals surface area contributed by atoms with Crippen molar-refractivity contribution in [2.45, 2.75) is 31.2 Å². The van der Waals surface area contributed by atoms with Crippen LogP contribution in [-0.4, -0.2) is 37.3 Å². The summed E-state index contributed by atoms with van der Waals surface area (Å²) in [5, 5.41) is 0. The van der Waals surface area contributed by atoms with E-state index in [2.05, 4.69) is 6.58 Å². The normalized spacial score (nSPS) is 30.7. The lowest BCUT2D eigenvalue weighted by molar-refractivity contribution is -0.196. The SMILES string of the molecule is C=C(c1ccc(OC)cc1)[C@H]1CO[C@@]2(C)C=CC(=O)C[C@H]2O1. The van der Waals surface area contributed by atoms with Crippen LogP contribution in [-0.2, 0) is 14.3 Å². The van der Waals surface area contributed by atoms with Gasteiger partial charge in [-0.05, 0) is 42.3 Å². The van der Waals surface area contributed by atoms with Crippen molar-refractivity contribution < 1.29 is 19.0 Å². The average Bonchev–Trinajstić information content (AvgIpc) is 2.54. The Balaban J connectivity index is 1.75. The predicted molar refractivity (Wildman–Crippen MR) is 83.8 cm³/mol. The van der Waals surface area contributed by atoms with Gasteiger partial charge in [0, 0.05) is 6.42 Å². The Labute approximate surface area is 130 Å². The fourth-order valence-corrected chi connectivity index (χ4v) is 2.81. The zero-order valence-electron chi connectivity index (χ0n) is 12.9.